The Morgan fingerprint density at radius 2 is 1.71 bits per heavy atom. The Hall–Kier alpha value is -2.54. The van der Waals surface area contributed by atoms with Crippen molar-refractivity contribution in [2.75, 3.05) is 18.4 Å². The third-order valence-electron chi connectivity index (χ3n) is 5.08. The van der Waals surface area contributed by atoms with Gasteiger partial charge in [0.05, 0.1) is 12.0 Å². The van der Waals surface area contributed by atoms with E-state index in [1.807, 2.05) is 24.3 Å². The normalized spacial score (nSPS) is 15.5. The lowest BCUT2D eigenvalue weighted by atomic mass is 10.0. The van der Waals surface area contributed by atoms with Gasteiger partial charge in [0.25, 0.3) is 0 Å². The number of hydrogen-bond acceptors (Lipinski definition) is 3. The molecule has 0 aliphatic carbocycles. The monoisotopic (exact) mass is 391 g/mol. The maximum Gasteiger partial charge on any atom is 0.416 e. The molecule has 1 saturated heterocycles. The molecule has 28 heavy (non-hydrogen) atoms. The first-order valence-corrected chi connectivity index (χ1v) is 9.35. The van der Waals surface area contributed by atoms with Gasteiger partial charge in [-0.2, -0.15) is 13.2 Å². The van der Waals surface area contributed by atoms with Crippen molar-refractivity contribution in [1.82, 2.24) is 4.90 Å². The number of piperidine rings is 1. The summed E-state index contributed by atoms with van der Waals surface area (Å²) >= 11 is 0. The van der Waals surface area contributed by atoms with Gasteiger partial charge in [-0.05, 0) is 42.2 Å². The highest BCUT2D eigenvalue weighted by molar-refractivity contribution is 5.79. The van der Waals surface area contributed by atoms with Crippen molar-refractivity contribution >= 4 is 11.6 Å². The molecule has 0 unspecified atom stereocenters. The van der Waals surface area contributed by atoms with Crippen molar-refractivity contribution < 1.29 is 18.0 Å². The minimum Gasteiger partial charge on any atom is -0.382 e. The summed E-state index contributed by atoms with van der Waals surface area (Å²) in [7, 11) is 0. The number of halogens is 3. The third kappa shape index (κ3) is 5.04. The molecular formula is C21H24F3N3O. The average Bonchev–Trinajstić information content (AvgIpc) is 2.68. The topological polar surface area (TPSA) is 58.4 Å². The van der Waals surface area contributed by atoms with E-state index < -0.39 is 11.7 Å². The molecule has 1 amide bonds. The number of anilines is 1. The first-order valence-electron chi connectivity index (χ1n) is 9.35. The fourth-order valence-corrected chi connectivity index (χ4v) is 3.43. The average molecular weight is 391 g/mol. The molecule has 7 heteroatoms. The predicted molar refractivity (Wildman–Crippen MR) is 103 cm³/mol. The zero-order chi connectivity index (χ0) is 20.1. The van der Waals surface area contributed by atoms with Crippen LogP contribution in [0.1, 0.15) is 29.5 Å². The molecule has 1 aliphatic rings. The van der Waals surface area contributed by atoms with Crippen LogP contribution in [-0.2, 0) is 23.9 Å². The summed E-state index contributed by atoms with van der Waals surface area (Å²) < 4.78 is 37.9. The molecule has 0 saturated carbocycles. The third-order valence-corrected chi connectivity index (χ3v) is 5.08. The molecule has 2 aromatic rings. The summed E-state index contributed by atoms with van der Waals surface area (Å²) in [5.41, 5.74) is 7.75. The predicted octanol–water partition coefficient (Wildman–Crippen LogP) is 3.81. The first-order chi connectivity index (χ1) is 13.4. The zero-order valence-corrected chi connectivity index (χ0v) is 15.5. The van der Waals surface area contributed by atoms with Crippen molar-refractivity contribution in [3.05, 3.63) is 65.2 Å². The molecule has 150 valence electrons. The lowest BCUT2D eigenvalue weighted by molar-refractivity contribution is -0.137. The SMILES string of the molecule is NCc1ccccc1NC1CCN(C(=O)Cc2ccc(C(F)(F)F)cc2)CC1. The molecule has 3 N–H and O–H groups in total. The second kappa shape index (κ2) is 8.65. The van der Waals surface area contributed by atoms with Crippen LogP contribution in [-0.4, -0.2) is 29.9 Å². The Labute approximate surface area is 162 Å². The summed E-state index contributed by atoms with van der Waals surface area (Å²) in [6.45, 7) is 1.72. The Kier molecular flexibility index (Phi) is 6.24. The minimum absolute atomic E-state index is 0.0550. The Bertz CT molecular complexity index is 797. The minimum atomic E-state index is -4.36. The summed E-state index contributed by atoms with van der Waals surface area (Å²) in [4.78, 5) is 14.3. The van der Waals surface area contributed by atoms with Crippen molar-refractivity contribution in [2.24, 2.45) is 5.73 Å². The molecular weight excluding hydrogens is 367 g/mol. The Morgan fingerprint density at radius 3 is 2.32 bits per heavy atom. The number of rotatable bonds is 5. The summed E-state index contributed by atoms with van der Waals surface area (Å²) in [6.07, 6.45) is -2.61. The maximum atomic E-state index is 12.6. The van der Waals surface area contributed by atoms with Crippen LogP contribution in [0.25, 0.3) is 0 Å². The summed E-state index contributed by atoms with van der Waals surface area (Å²) in [6, 6.07) is 13.0. The number of para-hydroxylation sites is 1. The van der Waals surface area contributed by atoms with E-state index in [2.05, 4.69) is 5.32 Å². The van der Waals surface area contributed by atoms with Gasteiger partial charge in [0.1, 0.15) is 0 Å². The molecule has 0 bridgehead atoms. The van der Waals surface area contributed by atoms with E-state index in [9.17, 15) is 18.0 Å². The van der Waals surface area contributed by atoms with Crippen LogP contribution in [0, 0.1) is 0 Å². The lowest BCUT2D eigenvalue weighted by Gasteiger charge is -2.33. The van der Waals surface area contributed by atoms with E-state index in [0.717, 1.165) is 36.2 Å². The summed E-state index contributed by atoms with van der Waals surface area (Å²) in [5, 5.41) is 3.51. The molecule has 1 fully saturated rings. The van der Waals surface area contributed by atoms with Crippen LogP contribution in [0.2, 0.25) is 0 Å². The van der Waals surface area contributed by atoms with Crippen LogP contribution in [0.4, 0.5) is 18.9 Å². The van der Waals surface area contributed by atoms with Gasteiger partial charge >= 0.3 is 6.18 Å². The van der Waals surface area contributed by atoms with Gasteiger partial charge in [0, 0.05) is 31.4 Å². The molecule has 0 aromatic heterocycles. The number of alkyl halides is 3. The molecule has 0 radical (unpaired) electrons. The number of hydrogen-bond donors (Lipinski definition) is 2. The smallest absolute Gasteiger partial charge is 0.382 e. The number of amides is 1. The van der Waals surface area contributed by atoms with E-state index in [0.29, 0.717) is 25.2 Å². The second-order valence-corrected chi connectivity index (χ2v) is 7.03. The van der Waals surface area contributed by atoms with Crippen molar-refractivity contribution in [2.45, 2.75) is 38.0 Å². The standard InChI is InChI=1S/C21H24F3N3O/c22-21(23,24)17-7-5-15(6-8-17)13-20(28)27-11-9-18(10-12-27)26-19-4-2-1-3-16(19)14-25/h1-8,18,26H,9-14,25H2. The van der Waals surface area contributed by atoms with Crippen molar-refractivity contribution in [3.8, 4) is 0 Å². The lowest BCUT2D eigenvalue weighted by Crippen LogP contribution is -2.43. The van der Waals surface area contributed by atoms with E-state index in [-0.39, 0.29) is 18.4 Å². The van der Waals surface area contributed by atoms with Crippen LogP contribution in [0.5, 0.6) is 0 Å². The molecule has 0 spiro atoms. The molecule has 2 aromatic carbocycles. The summed E-state index contributed by atoms with van der Waals surface area (Å²) in [5.74, 6) is -0.0550. The number of benzene rings is 2. The van der Waals surface area contributed by atoms with Crippen LogP contribution < -0.4 is 11.1 Å². The Morgan fingerprint density at radius 1 is 1.07 bits per heavy atom. The van der Waals surface area contributed by atoms with Gasteiger partial charge in [-0.1, -0.05) is 30.3 Å². The van der Waals surface area contributed by atoms with Crippen LogP contribution in [0.15, 0.2) is 48.5 Å². The number of likely N-dealkylation sites (tertiary alicyclic amines) is 1. The van der Waals surface area contributed by atoms with Gasteiger partial charge in [-0.3, -0.25) is 4.79 Å². The largest absolute Gasteiger partial charge is 0.416 e. The van der Waals surface area contributed by atoms with Crippen LogP contribution in [0.3, 0.4) is 0 Å². The van der Waals surface area contributed by atoms with Gasteiger partial charge in [-0.25, -0.2) is 0 Å². The van der Waals surface area contributed by atoms with Gasteiger partial charge in [0.2, 0.25) is 5.91 Å². The van der Waals surface area contributed by atoms with E-state index in [1.54, 1.807) is 4.90 Å². The fraction of sp³-hybridized carbons (Fsp3) is 0.381. The van der Waals surface area contributed by atoms with Crippen molar-refractivity contribution in [1.29, 1.82) is 0 Å². The number of nitrogens with zero attached hydrogens (tertiary/aromatic N) is 1. The first kappa shape index (κ1) is 20.2. The molecule has 1 heterocycles. The number of nitrogens with one attached hydrogen (secondary N) is 1. The molecule has 1 aliphatic heterocycles. The highest BCUT2D eigenvalue weighted by atomic mass is 19.4. The van der Waals surface area contributed by atoms with Gasteiger partial charge in [0.15, 0.2) is 0 Å². The van der Waals surface area contributed by atoms with E-state index >= 15 is 0 Å². The quantitative estimate of drug-likeness (QED) is 0.815. The fourth-order valence-electron chi connectivity index (χ4n) is 3.43. The maximum absolute atomic E-state index is 12.6. The number of carbonyl (C=O) groups is 1. The highest BCUT2D eigenvalue weighted by Gasteiger charge is 2.30. The number of carbonyl (C=O) groups excluding carboxylic acids is 1. The highest BCUT2D eigenvalue weighted by Crippen LogP contribution is 2.29. The Balaban J connectivity index is 1.51. The second-order valence-electron chi connectivity index (χ2n) is 7.03. The molecule has 3 rings (SSSR count). The van der Waals surface area contributed by atoms with E-state index in [4.69, 9.17) is 5.73 Å². The van der Waals surface area contributed by atoms with Gasteiger partial charge in [-0.15, -0.1) is 0 Å². The number of nitrogens with two attached hydrogens (primary N) is 1. The van der Waals surface area contributed by atoms with Gasteiger partial charge < -0.3 is 16.0 Å². The molecule has 0 atom stereocenters. The van der Waals surface area contributed by atoms with Crippen molar-refractivity contribution in [3.63, 3.8) is 0 Å². The van der Waals surface area contributed by atoms with E-state index in [1.165, 1.54) is 12.1 Å². The van der Waals surface area contributed by atoms with Crippen LogP contribution >= 0.6 is 0 Å². The molecule has 4 nitrogen and oxygen atoms in total. The zero-order valence-electron chi connectivity index (χ0n) is 15.5.